The SMILES string of the molecule is c1ccc(C23CC4(C5CCCCC5)CC5(c6ccccc6)CC(c6ccccc6)(C2)C5(C3)C4)cc1. The van der Waals surface area contributed by atoms with Crippen LogP contribution in [-0.2, 0) is 16.2 Å². The lowest BCUT2D eigenvalue weighted by Gasteiger charge is -2.67. The molecule has 5 atom stereocenters. The zero-order chi connectivity index (χ0) is 23.2. The van der Waals surface area contributed by atoms with Crippen LogP contribution < -0.4 is 0 Å². The number of fused-ring (bicyclic) bond motifs is 2. The van der Waals surface area contributed by atoms with Crippen LogP contribution in [-0.4, -0.2) is 0 Å². The second kappa shape index (κ2) is 6.90. The third-order valence-electron chi connectivity index (χ3n) is 12.2. The minimum atomic E-state index is 0.326. The molecule has 3 aromatic carbocycles. The quantitative estimate of drug-likeness (QED) is 0.366. The molecule has 0 N–H and O–H groups in total. The van der Waals surface area contributed by atoms with Gasteiger partial charge in [-0.2, -0.15) is 0 Å². The van der Waals surface area contributed by atoms with Gasteiger partial charge in [0.15, 0.2) is 0 Å². The summed E-state index contributed by atoms with van der Waals surface area (Å²) in [4.78, 5) is 0. The maximum absolute atomic E-state index is 2.50. The zero-order valence-electron chi connectivity index (χ0n) is 21.0. The number of benzene rings is 3. The minimum absolute atomic E-state index is 0.326. The molecule has 1 spiro atoms. The lowest BCUT2D eigenvalue weighted by atomic mass is 9.35. The number of hydrogen-bond donors (Lipinski definition) is 0. The molecule has 0 aromatic heterocycles. The van der Waals surface area contributed by atoms with E-state index in [0.717, 1.165) is 5.92 Å². The van der Waals surface area contributed by atoms with E-state index in [0.29, 0.717) is 27.1 Å². The topological polar surface area (TPSA) is 0 Å². The highest BCUT2D eigenvalue weighted by atomic mass is 14.9. The predicted octanol–water partition coefficient (Wildman–Crippen LogP) is 8.75. The van der Waals surface area contributed by atoms with Crippen molar-refractivity contribution in [2.24, 2.45) is 16.7 Å². The maximum atomic E-state index is 2.50. The molecule has 5 aliphatic carbocycles. The lowest BCUT2D eigenvalue weighted by molar-refractivity contribution is -0.0712. The summed E-state index contributed by atoms with van der Waals surface area (Å²) in [5.74, 6) is 0.925. The summed E-state index contributed by atoms with van der Waals surface area (Å²) < 4.78 is 0. The normalized spacial score (nSPS) is 41.5. The second-order valence-corrected chi connectivity index (χ2v) is 13.4. The Bertz CT molecular complexity index is 1240. The molecule has 5 aliphatic rings. The fourth-order valence-electron chi connectivity index (χ4n) is 11.5. The number of hydrogen-bond acceptors (Lipinski definition) is 0. The van der Waals surface area contributed by atoms with Gasteiger partial charge in [-0.3, -0.25) is 0 Å². The Morgan fingerprint density at radius 1 is 0.457 bits per heavy atom. The third kappa shape index (κ3) is 2.40. The van der Waals surface area contributed by atoms with Crippen molar-refractivity contribution >= 4 is 0 Å². The van der Waals surface area contributed by atoms with Gasteiger partial charge >= 0.3 is 0 Å². The van der Waals surface area contributed by atoms with Gasteiger partial charge in [-0.25, -0.2) is 0 Å². The van der Waals surface area contributed by atoms with Crippen LogP contribution in [0, 0.1) is 16.7 Å². The first kappa shape index (κ1) is 20.8. The van der Waals surface area contributed by atoms with Crippen molar-refractivity contribution in [3.05, 3.63) is 108 Å². The molecule has 5 saturated carbocycles. The van der Waals surface area contributed by atoms with E-state index in [1.54, 1.807) is 16.7 Å². The Hall–Kier alpha value is -2.34. The monoisotopic (exact) mass is 458 g/mol. The molecule has 0 aliphatic heterocycles. The summed E-state index contributed by atoms with van der Waals surface area (Å²) in [7, 11) is 0. The molecule has 8 rings (SSSR count). The summed E-state index contributed by atoms with van der Waals surface area (Å²) >= 11 is 0. The van der Waals surface area contributed by atoms with E-state index in [2.05, 4.69) is 91.0 Å². The van der Waals surface area contributed by atoms with Crippen molar-refractivity contribution in [1.82, 2.24) is 0 Å². The first-order valence-electron chi connectivity index (χ1n) is 14.3. The molecular formula is C35H38. The van der Waals surface area contributed by atoms with Crippen molar-refractivity contribution in [3.8, 4) is 0 Å². The standard InChI is InChI=1S/C35H38/c1-5-13-27(14-6-1)31-21-32(28-15-7-2-8-16-28)23-34(30-19-11-4-12-20-30)26-33(22-31,35(34,24-31)25-32)29-17-9-3-10-18-29/h1,3-6,9-14,17-20,28H,2,7-8,15-16,21-26H2. The van der Waals surface area contributed by atoms with Crippen molar-refractivity contribution in [3.63, 3.8) is 0 Å². The summed E-state index contributed by atoms with van der Waals surface area (Å²) in [5.41, 5.74) is 6.88. The molecule has 0 saturated heterocycles. The molecule has 5 unspecified atom stereocenters. The third-order valence-corrected chi connectivity index (χ3v) is 12.2. The van der Waals surface area contributed by atoms with Crippen molar-refractivity contribution < 1.29 is 0 Å². The average molecular weight is 459 g/mol. The fourth-order valence-corrected chi connectivity index (χ4v) is 11.5. The van der Waals surface area contributed by atoms with Gasteiger partial charge in [0.2, 0.25) is 0 Å². The van der Waals surface area contributed by atoms with Crippen LogP contribution >= 0.6 is 0 Å². The van der Waals surface area contributed by atoms with E-state index in [1.807, 2.05) is 0 Å². The first-order valence-corrected chi connectivity index (χ1v) is 14.3. The molecule has 35 heavy (non-hydrogen) atoms. The van der Waals surface area contributed by atoms with Crippen molar-refractivity contribution in [2.45, 2.75) is 86.9 Å². The van der Waals surface area contributed by atoms with Gasteiger partial charge in [-0.1, -0.05) is 110 Å². The van der Waals surface area contributed by atoms with Crippen LogP contribution in [0.15, 0.2) is 91.0 Å². The van der Waals surface area contributed by atoms with E-state index in [-0.39, 0.29) is 0 Å². The Kier molecular flexibility index (Phi) is 4.11. The highest BCUT2D eigenvalue weighted by Gasteiger charge is 2.87. The molecule has 0 heteroatoms. The smallest absolute Gasteiger partial charge is 0.00356 e. The summed E-state index contributed by atoms with van der Waals surface area (Å²) in [6.07, 6.45) is 15.8. The first-order chi connectivity index (χ1) is 17.2. The molecular weight excluding hydrogens is 420 g/mol. The van der Waals surface area contributed by atoms with Crippen molar-refractivity contribution in [2.75, 3.05) is 0 Å². The van der Waals surface area contributed by atoms with E-state index in [4.69, 9.17) is 0 Å². The van der Waals surface area contributed by atoms with Gasteiger partial charge in [-0.05, 0) is 90.2 Å². The maximum Gasteiger partial charge on any atom is 0.00356 e. The van der Waals surface area contributed by atoms with Gasteiger partial charge in [-0.15, -0.1) is 0 Å². The van der Waals surface area contributed by atoms with Gasteiger partial charge in [0.1, 0.15) is 0 Å². The van der Waals surface area contributed by atoms with E-state index in [9.17, 15) is 0 Å². The highest BCUT2D eigenvalue weighted by Crippen LogP contribution is 2.91. The summed E-state index contributed by atoms with van der Waals surface area (Å²) in [5, 5.41) is 0. The average Bonchev–Trinajstić information content (AvgIpc) is 3.22. The summed E-state index contributed by atoms with van der Waals surface area (Å²) in [6.45, 7) is 0. The van der Waals surface area contributed by atoms with Crippen LogP contribution in [0.25, 0.3) is 0 Å². The molecule has 5 fully saturated rings. The van der Waals surface area contributed by atoms with Gasteiger partial charge < -0.3 is 0 Å². The van der Waals surface area contributed by atoms with E-state index in [1.165, 1.54) is 70.6 Å². The molecule has 0 amide bonds. The fraction of sp³-hybridized carbons (Fsp3) is 0.486. The van der Waals surface area contributed by atoms with Crippen LogP contribution in [0.4, 0.5) is 0 Å². The van der Waals surface area contributed by atoms with Crippen LogP contribution in [0.1, 0.15) is 87.3 Å². The molecule has 0 nitrogen and oxygen atoms in total. The Morgan fingerprint density at radius 3 is 1.60 bits per heavy atom. The second-order valence-electron chi connectivity index (χ2n) is 13.4. The summed E-state index contributed by atoms with van der Waals surface area (Å²) in [6, 6.07) is 35.5. The minimum Gasteiger partial charge on any atom is -0.0622 e. The molecule has 0 heterocycles. The van der Waals surface area contributed by atoms with E-state index < -0.39 is 0 Å². The highest BCUT2D eigenvalue weighted by molar-refractivity contribution is 5.56. The largest absolute Gasteiger partial charge is 0.0622 e. The Morgan fingerprint density at radius 2 is 1.00 bits per heavy atom. The van der Waals surface area contributed by atoms with Crippen molar-refractivity contribution in [1.29, 1.82) is 0 Å². The molecule has 3 bridgehead atoms. The molecule has 0 radical (unpaired) electrons. The predicted molar refractivity (Wildman–Crippen MR) is 144 cm³/mol. The Labute approximate surface area is 211 Å². The zero-order valence-corrected chi connectivity index (χ0v) is 21.0. The Balaban J connectivity index is 1.39. The molecule has 3 aromatic rings. The van der Waals surface area contributed by atoms with E-state index >= 15 is 0 Å². The van der Waals surface area contributed by atoms with Gasteiger partial charge in [0, 0.05) is 10.8 Å². The number of rotatable bonds is 4. The van der Waals surface area contributed by atoms with Gasteiger partial charge in [0.05, 0.1) is 0 Å². The lowest BCUT2D eigenvalue weighted by Crippen LogP contribution is -2.65. The van der Waals surface area contributed by atoms with Crippen LogP contribution in [0.5, 0.6) is 0 Å². The van der Waals surface area contributed by atoms with Crippen LogP contribution in [0.2, 0.25) is 0 Å². The van der Waals surface area contributed by atoms with Crippen LogP contribution in [0.3, 0.4) is 0 Å². The molecule has 178 valence electrons. The van der Waals surface area contributed by atoms with Gasteiger partial charge in [0.25, 0.3) is 0 Å².